The number of phenols is 1. The first-order valence-corrected chi connectivity index (χ1v) is 5.49. The molecule has 0 unspecified atom stereocenters. The summed E-state index contributed by atoms with van der Waals surface area (Å²) in [5.41, 5.74) is 1.84. The van der Waals surface area contributed by atoms with Crippen LogP contribution in [0.2, 0.25) is 0 Å². The molecule has 0 atom stereocenters. The Morgan fingerprint density at radius 2 is 2.00 bits per heavy atom. The van der Waals surface area contributed by atoms with Crippen LogP contribution >= 0.6 is 0 Å². The lowest BCUT2D eigenvalue weighted by Gasteiger charge is -2.12. The van der Waals surface area contributed by atoms with Gasteiger partial charge in [0.25, 0.3) is 0 Å². The SMILES string of the molecule is CCc1cc(OCC(C)C)cc(C)c1O. The van der Waals surface area contributed by atoms with Crippen LogP contribution in [-0.4, -0.2) is 11.7 Å². The summed E-state index contributed by atoms with van der Waals surface area (Å²) in [6, 6.07) is 3.81. The first-order chi connectivity index (χ1) is 7.04. The second-order valence-corrected chi connectivity index (χ2v) is 4.31. The molecular weight excluding hydrogens is 188 g/mol. The molecule has 0 spiro atoms. The van der Waals surface area contributed by atoms with Crippen molar-refractivity contribution in [3.63, 3.8) is 0 Å². The normalized spacial score (nSPS) is 10.7. The van der Waals surface area contributed by atoms with E-state index in [2.05, 4.69) is 13.8 Å². The van der Waals surface area contributed by atoms with Gasteiger partial charge in [-0.3, -0.25) is 0 Å². The minimum absolute atomic E-state index is 0.398. The van der Waals surface area contributed by atoms with Crippen molar-refractivity contribution in [2.45, 2.75) is 34.1 Å². The minimum atomic E-state index is 0.398. The predicted octanol–water partition coefficient (Wildman–Crippen LogP) is 3.30. The van der Waals surface area contributed by atoms with Gasteiger partial charge in [-0.2, -0.15) is 0 Å². The molecule has 0 saturated heterocycles. The van der Waals surface area contributed by atoms with Crippen LogP contribution in [0, 0.1) is 12.8 Å². The number of rotatable bonds is 4. The maximum absolute atomic E-state index is 9.74. The van der Waals surface area contributed by atoms with Crippen LogP contribution in [0.25, 0.3) is 0 Å². The third-order valence-electron chi connectivity index (χ3n) is 2.32. The Morgan fingerprint density at radius 3 is 2.53 bits per heavy atom. The molecule has 0 heterocycles. The minimum Gasteiger partial charge on any atom is -0.507 e. The van der Waals surface area contributed by atoms with Gasteiger partial charge in [0.2, 0.25) is 0 Å². The van der Waals surface area contributed by atoms with Gasteiger partial charge in [-0.25, -0.2) is 0 Å². The Hall–Kier alpha value is -1.18. The van der Waals surface area contributed by atoms with Gasteiger partial charge in [0.05, 0.1) is 6.61 Å². The average molecular weight is 208 g/mol. The summed E-state index contributed by atoms with van der Waals surface area (Å²) < 4.78 is 5.63. The van der Waals surface area contributed by atoms with Crippen molar-refractivity contribution in [3.05, 3.63) is 23.3 Å². The van der Waals surface area contributed by atoms with E-state index in [1.165, 1.54) is 0 Å². The van der Waals surface area contributed by atoms with Gasteiger partial charge < -0.3 is 9.84 Å². The summed E-state index contributed by atoms with van der Waals surface area (Å²) >= 11 is 0. The summed E-state index contributed by atoms with van der Waals surface area (Å²) in [7, 11) is 0. The van der Waals surface area contributed by atoms with E-state index in [-0.39, 0.29) is 0 Å². The van der Waals surface area contributed by atoms with Gasteiger partial charge in [-0.15, -0.1) is 0 Å². The molecule has 0 fully saturated rings. The molecule has 0 aliphatic heterocycles. The molecule has 2 heteroatoms. The Labute approximate surface area is 91.9 Å². The molecule has 0 bridgehead atoms. The molecule has 0 aliphatic carbocycles. The number of aryl methyl sites for hydroxylation is 2. The van der Waals surface area contributed by atoms with Crippen LogP contribution in [-0.2, 0) is 6.42 Å². The van der Waals surface area contributed by atoms with Gasteiger partial charge in [0.1, 0.15) is 11.5 Å². The molecule has 1 aromatic carbocycles. The lowest BCUT2D eigenvalue weighted by atomic mass is 10.1. The second kappa shape index (κ2) is 5.06. The number of benzene rings is 1. The molecule has 0 amide bonds. The number of hydrogen-bond acceptors (Lipinski definition) is 2. The van der Waals surface area contributed by atoms with Gasteiger partial charge in [0, 0.05) is 0 Å². The fraction of sp³-hybridized carbons (Fsp3) is 0.538. The monoisotopic (exact) mass is 208 g/mol. The highest BCUT2D eigenvalue weighted by Crippen LogP contribution is 2.28. The Bertz CT molecular complexity index is 330. The Balaban J connectivity index is 2.86. The highest BCUT2D eigenvalue weighted by molar-refractivity contribution is 5.45. The molecule has 15 heavy (non-hydrogen) atoms. The summed E-state index contributed by atoms with van der Waals surface area (Å²) in [5, 5.41) is 9.74. The highest BCUT2D eigenvalue weighted by atomic mass is 16.5. The van der Waals surface area contributed by atoms with E-state index in [4.69, 9.17) is 4.74 Å². The summed E-state index contributed by atoms with van der Waals surface area (Å²) in [5.74, 6) is 1.77. The number of hydrogen-bond donors (Lipinski definition) is 1. The second-order valence-electron chi connectivity index (χ2n) is 4.31. The molecule has 1 rings (SSSR count). The van der Waals surface area contributed by atoms with Crippen molar-refractivity contribution >= 4 is 0 Å². The summed E-state index contributed by atoms with van der Waals surface area (Å²) in [4.78, 5) is 0. The quantitative estimate of drug-likeness (QED) is 0.822. The van der Waals surface area contributed by atoms with Crippen molar-refractivity contribution in [2.24, 2.45) is 5.92 Å². The van der Waals surface area contributed by atoms with Crippen LogP contribution in [0.5, 0.6) is 11.5 Å². The fourth-order valence-corrected chi connectivity index (χ4v) is 1.43. The lowest BCUT2D eigenvalue weighted by molar-refractivity contribution is 0.270. The van der Waals surface area contributed by atoms with E-state index in [1.54, 1.807) is 0 Å². The van der Waals surface area contributed by atoms with Crippen LogP contribution in [0.3, 0.4) is 0 Å². The van der Waals surface area contributed by atoms with E-state index in [9.17, 15) is 5.11 Å². The fourth-order valence-electron chi connectivity index (χ4n) is 1.43. The molecule has 0 aliphatic rings. The molecule has 0 radical (unpaired) electrons. The highest BCUT2D eigenvalue weighted by Gasteiger charge is 2.06. The van der Waals surface area contributed by atoms with Gasteiger partial charge >= 0.3 is 0 Å². The third kappa shape index (κ3) is 3.15. The van der Waals surface area contributed by atoms with E-state index < -0.39 is 0 Å². The van der Waals surface area contributed by atoms with E-state index in [1.807, 2.05) is 26.0 Å². The molecular formula is C13H20O2. The van der Waals surface area contributed by atoms with Crippen LogP contribution < -0.4 is 4.74 Å². The van der Waals surface area contributed by atoms with Crippen molar-refractivity contribution in [3.8, 4) is 11.5 Å². The topological polar surface area (TPSA) is 29.5 Å². The van der Waals surface area contributed by atoms with Gasteiger partial charge in [-0.05, 0) is 42.5 Å². The van der Waals surface area contributed by atoms with Gasteiger partial charge in [0.15, 0.2) is 0 Å². The first kappa shape index (κ1) is 11.9. The lowest BCUT2D eigenvalue weighted by Crippen LogP contribution is -2.05. The summed E-state index contributed by atoms with van der Waals surface area (Å²) in [6.45, 7) is 8.88. The standard InChI is InChI=1S/C13H20O2/c1-5-11-7-12(15-8-9(2)3)6-10(4)13(11)14/h6-7,9,14H,5,8H2,1-4H3. The zero-order chi connectivity index (χ0) is 11.4. The number of phenolic OH excluding ortho intramolecular Hbond substituents is 1. The molecule has 0 aromatic heterocycles. The third-order valence-corrected chi connectivity index (χ3v) is 2.32. The molecule has 1 aromatic rings. The zero-order valence-electron chi connectivity index (χ0n) is 10.0. The van der Waals surface area contributed by atoms with Crippen molar-refractivity contribution < 1.29 is 9.84 Å². The van der Waals surface area contributed by atoms with Crippen molar-refractivity contribution in [1.82, 2.24) is 0 Å². The van der Waals surface area contributed by atoms with E-state index in [0.29, 0.717) is 18.3 Å². The van der Waals surface area contributed by atoms with Gasteiger partial charge in [-0.1, -0.05) is 20.8 Å². The van der Waals surface area contributed by atoms with Crippen LogP contribution in [0.4, 0.5) is 0 Å². The number of ether oxygens (including phenoxy) is 1. The zero-order valence-corrected chi connectivity index (χ0v) is 10.0. The molecule has 84 valence electrons. The average Bonchev–Trinajstić information content (AvgIpc) is 2.19. The van der Waals surface area contributed by atoms with Crippen molar-refractivity contribution in [2.75, 3.05) is 6.61 Å². The summed E-state index contributed by atoms with van der Waals surface area (Å²) in [6.07, 6.45) is 0.825. The Kier molecular flexibility index (Phi) is 4.01. The number of aromatic hydroxyl groups is 1. The van der Waals surface area contributed by atoms with Crippen molar-refractivity contribution in [1.29, 1.82) is 0 Å². The van der Waals surface area contributed by atoms with E-state index in [0.717, 1.165) is 23.3 Å². The maximum atomic E-state index is 9.74. The van der Waals surface area contributed by atoms with Crippen LogP contribution in [0.15, 0.2) is 12.1 Å². The van der Waals surface area contributed by atoms with E-state index >= 15 is 0 Å². The predicted molar refractivity (Wildman–Crippen MR) is 62.6 cm³/mol. The molecule has 2 nitrogen and oxygen atoms in total. The molecule has 0 saturated carbocycles. The largest absolute Gasteiger partial charge is 0.507 e. The Morgan fingerprint density at radius 1 is 1.33 bits per heavy atom. The molecule has 1 N–H and O–H groups in total. The maximum Gasteiger partial charge on any atom is 0.121 e. The first-order valence-electron chi connectivity index (χ1n) is 5.49. The smallest absolute Gasteiger partial charge is 0.121 e. The van der Waals surface area contributed by atoms with Crippen LogP contribution in [0.1, 0.15) is 31.9 Å².